The Morgan fingerprint density at radius 1 is 1.25 bits per heavy atom. The van der Waals surface area contributed by atoms with Gasteiger partial charge in [0.25, 0.3) is 0 Å². The number of rotatable bonds is 4. The summed E-state index contributed by atoms with van der Waals surface area (Å²) in [5.74, 6) is 0.0827. The Labute approximate surface area is 166 Å². The second-order valence-electron chi connectivity index (χ2n) is 7.57. The average Bonchev–Trinajstić information content (AvgIpc) is 2.70. The first kappa shape index (κ1) is 19.8. The predicted octanol–water partition coefficient (Wildman–Crippen LogP) is 4.29. The number of piperidine rings is 1. The number of carbonyl (C=O) groups excluding carboxylic acids is 1. The van der Waals surface area contributed by atoms with Crippen LogP contribution in [-0.4, -0.2) is 32.2 Å². The van der Waals surface area contributed by atoms with Crippen LogP contribution in [0.15, 0.2) is 36.4 Å². The van der Waals surface area contributed by atoms with Crippen molar-refractivity contribution in [3.63, 3.8) is 0 Å². The van der Waals surface area contributed by atoms with E-state index in [0.29, 0.717) is 17.5 Å². The van der Waals surface area contributed by atoms with Crippen LogP contribution in [0.5, 0.6) is 0 Å². The molecule has 0 amide bonds. The maximum absolute atomic E-state index is 12.0. The molecule has 0 aromatic heterocycles. The van der Waals surface area contributed by atoms with Gasteiger partial charge in [-0.3, -0.25) is 0 Å². The summed E-state index contributed by atoms with van der Waals surface area (Å²) in [6, 6.07) is 14.3. The smallest absolute Gasteiger partial charge is 0.338 e. The second-order valence-corrected chi connectivity index (χ2v) is 7.57. The Hall–Kier alpha value is -3.00. The Balaban J connectivity index is 1.76. The number of anilines is 2. The minimum Gasteiger partial charge on any atom is -0.465 e. The van der Waals surface area contributed by atoms with Gasteiger partial charge in [0, 0.05) is 24.8 Å². The summed E-state index contributed by atoms with van der Waals surface area (Å²) in [6.45, 7) is 7.97. The summed E-state index contributed by atoms with van der Waals surface area (Å²) in [4.78, 5) is 14.3. The number of hydrogen-bond acceptors (Lipinski definition) is 5. The number of nitriles is 1. The molecule has 1 N–H and O–H groups in total. The Bertz CT molecular complexity index is 917. The van der Waals surface area contributed by atoms with Crippen molar-refractivity contribution in [3.05, 3.63) is 58.7 Å². The number of nitrogens with one attached hydrogen (secondary N) is 1. The highest BCUT2D eigenvalue weighted by Crippen LogP contribution is 2.29. The molecule has 2 atom stereocenters. The lowest BCUT2D eigenvalue weighted by Gasteiger charge is -2.39. The molecule has 2 aromatic rings. The minimum atomic E-state index is -0.309. The molecule has 0 unspecified atom stereocenters. The number of benzene rings is 2. The van der Waals surface area contributed by atoms with Crippen LogP contribution in [0.3, 0.4) is 0 Å². The van der Waals surface area contributed by atoms with E-state index in [2.05, 4.69) is 30.1 Å². The summed E-state index contributed by atoms with van der Waals surface area (Å²) in [5.41, 5.74) is 5.35. The molecule has 1 aliphatic rings. The number of nitrogens with zero attached hydrogens (tertiary/aromatic N) is 2. The number of aryl methyl sites for hydroxylation is 2. The third-order valence-electron chi connectivity index (χ3n) is 5.59. The molecule has 0 aliphatic carbocycles. The van der Waals surface area contributed by atoms with E-state index >= 15 is 0 Å². The molecule has 0 radical (unpaired) electrons. The molecule has 1 heterocycles. The highest BCUT2D eigenvalue weighted by atomic mass is 16.5. The van der Waals surface area contributed by atoms with Gasteiger partial charge in [-0.15, -0.1) is 0 Å². The van der Waals surface area contributed by atoms with Crippen LogP contribution in [0.2, 0.25) is 0 Å². The molecular weight excluding hydrogens is 350 g/mol. The van der Waals surface area contributed by atoms with Crippen molar-refractivity contribution in [1.82, 2.24) is 0 Å². The molecule has 2 aromatic carbocycles. The van der Waals surface area contributed by atoms with Crippen molar-refractivity contribution in [2.24, 2.45) is 5.92 Å². The van der Waals surface area contributed by atoms with Crippen LogP contribution in [0.1, 0.15) is 40.4 Å². The van der Waals surface area contributed by atoms with E-state index in [9.17, 15) is 10.1 Å². The Morgan fingerprint density at radius 3 is 2.68 bits per heavy atom. The highest BCUT2D eigenvalue weighted by molar-refractivity contribution is 5.92. The molecular formula is C23H27N3O2. The lowest BCUT2D eigenvalue weighted by molar-refractivity contribution is 0.0600. The first-order chi connectivity index (χ1) is 13.4. The maximum Gasteiger partial charge on any atom is 0.338 e. The molecule has 1 saturated heterocycles. The van der Waals surface area contributed by atoms with E-state index in [1.165, 1.54) is 7.11 Å². The van der Waals surface area contributed by atoms with Crippen molar-refractivity contribution in [2.75, 3.05) is 30.4 Å². The first-order valence-corrected chi connectivity index (χ1v) is 9.64. The zero-order valence-corrected chi connectivity index (χ0v) is 17.0. The van der Waals surface area contributed by atoms with Crippen molar-refractivity contribution in [3.8, 4) is 6.07 Å². The summed E-state index contributed by atoms with van der Waals surface area (Å²) in [5, 5.41) is 13.0. The van der Waals surface area contributed by atoms with Crippen LogP contribution in [0, 0.1) is 31.1 Å². The lowest BCUT2D eigenvalue weighted by atomic mass is 9.92. The normalized spacial score (nSPS) is 19.0. The monoisotopic (exact) mass is 377 g/mol. The second kappa shape index (κ2) is 8.35. The van der Waals surface area contributed by atoms with Gasteiger partial charge in [0.1, 0.15) is 6.07 Å². The predicted molar refractivity (Wildman–Crippen MR) is 112 cm³/mol. The van der Waals surface area contributed by atoms with E-state index in [4.69, 9.17) is 4.74 Å². The standard InChI is InChI=1S/C23H27N3O2/c1-15-11-16(2)21(12-19(15)23(27)28-4)25-20-9-10-26(14-17(20)3)22-8-6-5-7-18(22)13-24/h5-8,11-12,17,20,25H,9-10,14H2,1-4H3/t17-,20+/m1/s1. The molecule has 0 saturated carbocycles. The fourth-order valence-corrected chi connectivity index (χ4v) is 3.96. The van der Waals surface area contributed by atoms with Crippen molar-refractivity contribution < 1.29 is 9.53 Å². The summed E-state index contributed by atoms with van der Waals surface area (Å²) >= 11 is 0. The number of hydrogen-bond donors (Lipinski definition) is 1. The largest absolute Gasteiger partial charge is 0.465 e. The van der Waals surface area contributed by atoms with E-state index in [1.807, 2.05) is 43.3 Å². The number of carbonyl (C=O) groups is 1. The van der Waals surface area contributed by atoms with E-state index in [-0.39, 0.29) is 5.97 Å². The van der Waals surface area contributed by atoms with E-state index in [0.717, 1.165) is 47.6 Å². The quantitative estimate of drug-likeness (QED) is 0.805. The molecule has 5 nitrogen and oxygen atoms in total. The third-order valence-corrected chi connectivity index (χ3v) is 5.59. The van der Waals surface area contributed by atoms with Crippen LogP contribution in [0.4, 0.5) is 11.4 Å². The summed E-state index contributed by atoms with van der Waals surface area (Å²) in [7, 11) is 1.41. The Kier molecular flexibility index (Phi) is 5.89. The van der Waals surface area contributed by atoms with Crippen LogP contribution >= 0.6 is 0 Å². The van der Waals surface area contributed by atoms with Gasteiger partial charge in [0.2, 0.25) is 0 Å². The van der Waals surface area contributed by atoms with Crippen molar-refractivity contribution >= 4 is 17.3 Å². The zero-order valence-electron chi connectivity index (χ0n) is 17.0. The van der Waals surface area contributed by atoms with Gasteiger partial charge >= 0.3 is 5.97 Å². The molecule has 146 valence electrons. The van der Waals surface area contributed by atoms with Gasteiger partial charge in [-0.05, 0) is 55.5 Å². The maximum atomic E-state index is 12.0. The van der Waals surface area contributed by atoms with Gasteiger partial charge in [-0.1, -0.05) is 25.1 Å². The first-order valence-electron chi connectivity index (χ1n) is 9.64. The van der Waals surface area contributed by atoms with Gasteiger partial charge in [0.15, 0.2) is 0 Å². The van der Waals surface area contributed by atoms with Gasteiger partial charge in [0.05, 0.1) is 23.9 Å². The van der Waals surface area contributed by atoms with Gasteiger partial charge < -0.3 is 15.0 Å². The van der Waals surface area contributed by atoms with Crippen LogP contribution in [-0.2, 0) is 4.74 Å². The number of esters is 1. The number of ether oxygens (including phenoxy) is 1. The minimum absolute atomic E-state index is 0.303. The van der Waals surface area contributed by atoms with Gasteiger partial charge in [-0.2, -0.15) is 5.26 Å². The highest BCUT2D eigenvalue weighted by Gasteiger charge is 2.27. The molecule has 1 aliphatic heterocycles. The van der Waals surface area contributed by atoms with E-state index in [1.54, 1.807) is 0 Å². The molecule has 1 fully saturated rings. The van der Waals surface area contributed by atoms with E-state index < -0.39 is 0 Å². The van der Waals surface area contributed by atoms with Gasteiger partial charge in [-0.25, -0.2) is 4.79 Å². The third kappa shape index (κ3) is 3.96. The average molecular weight is 377 g/mol. The topological polar surface area (TPSA) is 65.4 Å². The number of methoxy groups -OCH3 is 1. The molecule has 0 spiro atoms. The SMILES string of the molecule is COC(=O)c1cc(N[C@H]2CCN(c3ccccc3C#N)C[C@H]2C)c(C)cc1C. The number of para-hydroxylation sites is 1. The lowest BCUT2D eigenvalue weighted by Crippen LogP contribution is -2.45. The molecule has 0 bridgehead atoms. The summed E-state index contributed by atoms with van der Waals surface area (Å²) < 4.78 is 4.91. The summed E-state index contributed by atoms with van der Waals surface area (Å²) in [6.07, 6.45) is 0.960. The Morgan fingerprint density at radius 2 is 2.00 bits per heavy atom. The molecule has 3 rings (SSSR count). The fourth-order valence-electron chi connectivity index (χ4n) is 3.96. The zero-order chi connectivity index (χ0) is 20.3. The fraction of sp³-hybridized carbons (Fsp3) is 0.391. The van der Waals surface area contributed by atoms with Crippen LogP contribution < -0.4 is 10.2 Å². The van der Waals surface area contributed by atoms with Crippen molar-refractivity contribution in [2.45, 2.75) is 33.2 Å². The van der Waals surface area contributed by atoms with Crippen molar-refractivity contribution in [1.29, 1.82) is 5.26 Å². The molecule has 5 heteroatoms. The molecule has 28 heavy (non-hydrogen) atoms. The van der Waals surface area contributed by atoms with Crippen LogP contribution in [0.25, 0.3) is 0 Å².